The number of aryl methyl sites for hydroxylation is 1. The van der Waals surface area contributed by atoms with Gasteiger partial charge in [0.05, 0.1) is 13.1 Å². The number of methoxy groups -OCH3 is 1. The highest BCUT2D eigenvalue weighted by atomic mass is 32.1. The molecule has 0 aliphatic carbocycles. The Hall–Kier alpha value is -2.25. The number of benzene rings is 1. The van der Waals surface area contributed by atoms with Crippen molar-refractivity contribution in [3.63, 3.8) is 0 Å². The summed E-state index contributed by atoms with van der Waals surface area (Å²) in [4.78, 5) is 30.3. The Morgan fingerprint density at radius 2 is 1.80 bits per heavy atom. The summed E-state index contributed by atoms with van der Waals surface area (Å²) >= 11 is 1.60. The number of hydrogen-bond donors (Lipinski definition) is 0. The Bertz CT molecular complexity index is 820. The standard InChI is InChI=1S/C23H31FN2O3S/c1-17(2)23(28)25(11-5-12-29-4)16-22(27)26(15-21-18(3)10-13-30-21)14-19-6-8-20(24)9-7-19/h6-10,13,17H,5,11-12,14-16H2,1-4H3. The Morgan fingerprint density at radius 3 is 2.37 bits per heavy atom. The summed E-state index contributed by atoms with van der Waals surface area (Å²) in [6.45, 7) is 7.53. The average Bonchev–Trinajstić information content (AvgIpc) is 3.12. The van der Waals surface area contributed by atoms with Crippen molar-refractivity contribution in [2.24, 2.45) is 5.92 Å². The molecule has 30 heavy (non-hydrogen) atoms. The zero-order valence-corrected chi connectivity index (χ0v) is 19.0. The molecule has 0 N–H and O–H groups in total. The van der Waals surface area contributed by atoms with Crippen molar-refractivity contribution < 1.29 is 18.7 Å². The minimum absolute atomic E-state index is 0.0202. The molecule has 0 unspecified atom stereocenters. The number of halogens is 1. The van der Waals surface area contributed by atoms with E-state index in [2.05, 4.69) is 0 Å². The molecule has 1 aromatic carbocycles. The smallest absolute Gasteiger partial charge is 0.242 e. The minimum atomic E-state index is -0.308. The van der Waals surface area contributed by atoms with Crippen LogP contribution in [0.5, 0.6) is 0 Å². The number of thiophene rings is 1. The summed E-state index contributed by atoms with van der Waals surface area (Å²) in [6.07, 6.45) is 0.671. The maximum Gasteiger partial charge on any atom is 0.242 e. The fourth-order valence-electron chi connectivity index (χ4n) is 3.08. The Labute approximate surface area is 182 Å². The van der Waals surface area contributed by atoms with Crippen molar-refractivity contribution in [1.82, 2.24) is 9.80 Å². The molecule has 0 saturated carbocycles. The fourth-order valence-corrected chi connectivity index (χ4v) is 4.00. The Kier molecular flexibility index (Phi) is 9.46. The van der Waals surface area contributed by atoms with E-state index in [1.165, 1.54) is 12.1 Å². The van der Waals surface area contributed by atoms with Crippen LogP contribution in [-0.2, 0) is 27.4 Å². The highest BCUT2D eigenvalue weighted by molar-refractivity contribution is 7.10. The van der Waals surface area contributed by atoms with Crippen molar-refractivity contribution in [3.8, 4) is 0 Å². The number of nitrogens with zero attached hydrogens (tertiary/aromatic N) is 2. The summed E-state index contributed by atoms with van der Waals surface area (Å²) in [5.74, 6) is -0.671. The minimum Gasteiger partial charge on any atom is -0.385 e. The van der Waals surface area contributed by atoms with Crippen LogP contribution >= 0.6 is 11.3 Å². The molecule has 0 atom stereocenters. The molecule has 1 heterocycles. The topological polar surface area (TPSA) is 49.9 Å². The molecule has 5 nitrogen and oxygen atoms in total. The van der Waals surface area contributed by atoms with E-state index in [1.807, 2.05) is 32.2 Å². The van der Waals surface area contributed by atoms with Gasteiger partial charge in [-0.2, -0.15) is 0 Å². The molecule has 0 bridgehead atoms. The quantitative estimate of drug-likeness (QED) is 0.497. The number of amides is 2. The van der Waals surface area contributed by atoms with Gasteiger partial charge in [-0.1, -0.05) is 26.0 Å². The number of ether oxygens (including phenoxy) is 1. The zero-order valence-electron chi connectivity index (χ0n) is 18.2. The number of carbonyl (C=O) groups is 2. The zero-order chi connectivity index (χ0) is 22.1. The van der Waals surface area contributed by atoms with Gasteiger partial charge in [-0.05, 0) is 48.1 Å². The van der Waals surface area contributed by atoms with Crippen molar-refractivity contribution in [1.29, 1.82) is 0 Å². The normalized spacial score (nSPS) is 11.0. The molecule has 0 aliphatic heterocycles. The van der Waals surface area contributed by atoms with E-state index < -0.39 is 0 Å². The first-order chi connectivity index (χ1) is 14.3. The van der Waals surface area contributed by atoms with Gasteiger partial charge in [-0.25, -0.2) is 4.39 Å². The number of rotatable bonds is 11. The molecule has 2 rings (SSSR count). The lowest BCUT2D eigenvalue weighted by atomic mass is 10.1. The molecule has 2 aromatic rings. The van der Waals surface area contributed by atoms with Gasteiger partial charge in [0.25, 0.3) is 0 Å². The molecule has 0 spiro atoms. The van der Waals surface area contributed by atoms with Crippen molar-refractivity contribution >= 4 is 23.2 Å². The van der Waals surface area contributed by atoms with Crippen molar-refractivity contribution in [2.75, 3.05) is 26.8 Å². The van der Waals surface area contributed by atoms with Crippen LogP contribution in [0.1, 0.15) is 36.3 Å². The van der Waals surface area contributed by atoms with Crippen LogP contribution in [0, 0.1) is 18.7 Å². The van der Waals surface area contributed by atoms with Crippen LogP contribution < -0.4 is 0 Å². The summed E-state index contributed by atoms with van der Waals surface area (Å²) in [5, 5.41) is 2.00. The van der Waals surface area contributed by atoms with Crippen LogP contribution in [0.3, 0.4) is 0 Å². The molecule has 0 fully saturated rings. The van der Waals surface area contributed by atoms with E-state index in [4.69, 9.17) is 4.74 Å². The van der Waals surface area contributed by atoms with E-state index in [1.54, 1.807) is 40.4 Å². The molecular formula is C23H31FN2O3S. The predicted molar refractivity (Wildman–Crippen MR) is 118 cm³/mol. The molecule has 2 amide bonds. The van der Waals surface area contributed by atoms with Gasteiger partial charge in [0, 0.05) is 37.6 Å². The third-order valence-corrected chi connectivity index (χ3v) is 5.86. The lowest BCUT2D eigenvalue weighted by Gasteiger charge is -2.29. The van der Waals surface area contributed by atoms with Crippen LogP contribution in [0.4, 0.5) is 4.39 Å². The first kappa shape index (κ1) is 24.0. The van der Waals surface area contributed by atoms with E-state index in [0.717, 1.165) is 16.0 Å². The number of carbonyl (C=O) groups excluding carboxylic acids is 2. The maximum absolute atomic E-state index is 13.3. The molecule has 0 aliphatic rings. The highest BCUT2D eigenvalue weighted by Gasteiger charge is 2.24. The van der Waals surface area contributed by atoms with E-state index >= 15 is 0 Å². The van der Waals surface area contributed by atoms with Crippen LogP contribution in [-0.4, -0.2) is 48.4 Å². The third kappa shape index (κ3) is 7.22. The summed E-state index contributed by atoms with van der Waals surface area (Å²) in [7, 11) is 1.62. The van der Waals surface area contributed by atoms with E-state index in [9.17, 15) is 14.0 Å². The fraction of sp³-hybridized carbons (Fsp3) is 0.478. The average molecular weight is 435 g/mol. The van der Waals surface area contributed by atoms with Gasteiger partial charge in [0.15, 0.2) is 0 Å². The third-order valence-electron chi connectivity index (χ3n) is 4.85. The molecule has 0 saturated heterocycles. The Balaban J connectivity index is 2.18. The van der Waals surface area contributed by atoms with Gasteiger partial charge in [0.2, 0.25) is 11.8 Å². The maximum atomic E-state index is 13.3. The van der Waals surface area contributed by atoms with Gasteiger partial charge >= 0.3 is 0 Å². The summed E-state index contributed by atoms with van der Waals surface area (Å²) in [6, 6.07) is 8.19. The number of hydrogen-bond acceptors (Lipinski definition) is 4. The molecule has 1 aromatic heterocycles. The molecule has 0 radical (unpaired) electrons. The monoisotopic (exact) mass is 434 g/mol. The van der Waals surface area contributed by atoms with Crippen LogP contribution in [0.2, 0.25) is 0 Å². The lowest BCUT2D eigenvalue weighted by Crippen LogP contribution is -2.44. The SMILES string of the molecule is COCCCN(CC(=O)N(Cc1ccc(F)cc1)Cc1sccc1C)C(=O)C(C)C. The van der Waals surface area contributed by atoms with Gasteiger partial charge in [-0.3, -0.25) is 9.59 Å². The van der Waals surface area contributed by atoms with Crippen molar-refractivity contribution in [3.05, 3.63) is 57.5 Å². The Morgan fingerprint density at radius 1 is 1.10 bits per heavy atom. The second-order valence-corrected chi connectivity index (χ2v) is 8.66. The lowest BCUT2D eigenvalue weighted by molar-refractivity contribution is -0.143. The summed E-state index contributed by atoms with van der Waals surface area (Å²) < 4.78 is 18.4. The summed E-state index contributed by atoms with van der Waals surface area (Å²) in [5.41, 5.74) is 1.98. The van der Waals surface area contributed by atoms with E-state index in [0.29, 0.717) is 32.7 Å². The largest absolute Gasteiger partial charge is 0.385 e. The van der Waals surface area contributed by atoms with Crippen LogP contribution in [0.15, 0.2) is 35.7 Å². The second-order valence-electron chi connectivity index (χ2n) is 7.66. The predicted octanol–water partition coefficient (Wildman–Crippen LogP) is 4.25. The van der Waals surface area contributed by atoms with Gasteiger partial charge < -0.3 is 14.5 Å². The highest BCUT2D eigenvalue weighted by Crippen LogP contribution is 2.20. The van der Waals surface area contributed by atoms with Crippen molar-refractivity contribution in [2.45, 2.75) is 40.3 Å². The first-order valence-electron chi connectivity index (χ1n) is 10.1. The molecule has 7 heteroatoms. The van der Waals surface area contributed by atoms with Crippen LogP contribution in [0.25, 0.3) is 0 Å². The molecule has 164 valence electrons. The first-order valence-corrected chi connectivity index (χ1v) is 11.0. The van der Waals surface area contributed by atoms with E-state index in [-0.39, 0.29) is 30.1 Å². The van der Waals surface area contributed by atoms with Gasteiger partial charge in [-0.15, -0.1) is 11.3 Å². The second kappa shape index (κ2) is 11.8. The molecular weight excluding hydrogens is 403 g/mol. The van der Waals surface area contributed by atoms with Gasteiger partial charge in [0.1, 0.15) is 5.82 Å².